The summed E-state index contributed by atoms with van der Waals surface area (Å²) in [7, 11) is 0. The standard InChI is InChI=1S/C16H25N3O/c1-13(2)19(12-15-7-3-4-9-18-15)16(20)10-14-6-5-8-17-11-14/h3-4,7,9,13-14,17H,5-6,8,10-12H2,1-2H3. The van der Waals surface area contributed by atoms with Gasteiger partial charge in [-0.1, -0.05) is 6.07 Å². The molecule has 0 radical (unpaired) electrons. The van der Waals surface area contributed by atoms with Gasteiger partial charge in [-0.05, 0) is 57.8 Å². The fourth-order valence-corrected chi connectivity index (χ4v) is 2.69. The SMILES string of the molecule is CC(C)N(Cc1ccccn1)C(=O)CC1CCCNC1. The number of aromatic nitrogens is 1. The molecule has 20 heavy (non-hydrogen) atoms. The number of hydrogen-bond acceptors (Lipinski definition) is 3. The molecule has 0 saturated carbocycles. The maximum Gasteiger partial charge on any atom is 0.223 e. The minimum absolute atomic E-state index is 0.209. The second kappa shape index (κ2) is 7.39. The Morgan fingerprint density at radius 2 is 2.35 bits per heavy atom. The van der Waals surface area contributed by atoms with Crippen molar-refractivity contribution in [3.63, 3.8) is 0 Å². The normalized spacial score (nSPS) is 19.1. The number of carbonyl (C=O) groups is 1. The first kappa shape index (κ1) is 15.0. The van der Waals surface area contributed by atoms with Gasteiger partial charge >= 0.3 is 0 Å². The van der Waals surface area contributed by atoms with Gasteiger partial charge in [-0.2, -0.15) is 0 Å². The van der Waals surface area contributed by atoms with E-state index in [9.17, 15) is 4.79 Å². The average Bonchev–Trinajstić information content (AvgIpc) is 2.46. The number of piperidine rings is 1. The van der Waals surface area contributed by atoms with Gasteiger partial charge in [-0.15, -0.1) is 0 Å². The fraction of sp³-hybridized carbons (Fsp3) is 0.625. The van der Waals surface area contributed by atoms with Gasteiger partial charge < -0.3 is 10.2 Å². The van der Waals surface area contributed by atoms with Gasteiger partial charge in [0.25, 0.3) is 0 Å². The lowest BCUT2D eigenvalue weighted by atomic mass is 9.95. The lowest BCUT2D eigenvalue weighted by Gasteiger charge is -2.29. The summed E-state index contributed by atoms with van der Waals surface area (Å²) >= 11 is 0. The van der Waals surface area contributed by atoms with Gasteiger partial charge in [-0.3, -0.25) is 9.78 Å². The highest BCUT2D eigenvalue weighted by Crippen LogP contribution is 2.17. The zero-order valence-electron chi connectivity index (χ0n) is 12.5. The first-order valence-electron chi connectivity index (χ1n) is 7.57. The number of nitrogens with zero attached hydrogens (tertiary/aromatic N) is 2. The molecule has 0 aliphatic carbocycles. The predicted molar refractivity (Wildman–Crippen MR) is 80.1 cm³/mol. The summed E-state index contributed by atoms with van der Waals surface area (Å²) in [5.41, 5.74) is 0.955. The lowest BCUT2D eigenvalue weighted by Crippen LogP contribution is -2.40. The molecule has 4 heteroatoms. The van der Waals surface area contributed by atoms with Crippen LogP contribution in [0.1, 0.15) is 38.8 Å². The molecule has 2 heterocycles. The molecule has 0 aromatic carbocycles. The Balaban J connectivity index is 1.95. The van der Waals surface area contributed by atoms with E-state index in [2.05, 4.69) is 24.1 Å². The van der Waals surface area contributed by atoms with Gasteiger partial charge in [0.05, 0.1) is 12.2 Å². The zero-order valence-corrected chi connectivity index (χ0v) is 12.5. The van der Waals surface area contributed by atoms with Crippen molar-refractivity contribution in [3.05, 3.63) is 30.1 Å². The summed E-state index contributed by atoms with van der Waals surface area (Å²) < 4.78 is 0. The molecule has 4 nitrogen and oxygen atoms in total. The molecule has 0 spiro atoms. The van der Waals surface area contributed by atoms with E-state index < -0.39 is 0 Å². The summed E-state index contributed by atoms with van der Waals surface area (Å²) in [5, 5.41) is 3.37. The molecule has 1 fully saturated rings. The average molecular weight is 275 g/mol. The molecular formula is C16H25N3O. The Labute approximate surface area is 121 Å². The third-order valence-corrected chi connectivity index (χ3v) is 3.86. The Hall–Kier alpha value is -1.42. The van der Waals surface area contributed by atoms with Crippen LogP contribution in [0.4, 0.5) is 0 Å². The minimum atomic E-state index is 0.209. The second-order valence-electron chi connectivity index (χ2n) is 5.85. The number of carbonyl (C=O) groups excluding carboxylic acids is 1. The smallest absolute Gasteiger partial charge is 0.223 e. The van der Waals surface area contributed by atoms with Crippen LogP contribution >= 0.6 is 0 Å². The van der Waals surface area contributed by atoms with Crippen LogP contribution < -0.4 is 5.32 Å². The predicted octanol–water partition coefficient (Wildman–Crippen LogP) is 2.21. The molecule has 2 rings (SSSR count). The molecule has 1 aromatic rings. The van der Waals surface area contributed by atoms with Gasteiger partial charge in [0, 0.05) is 18.7 Å². The van der Waals surface area contributed by atoms with Gasteiger partial charge in [0.1, 0.15) is 0 Å². The quantitative estimate of drug-likeness (QED) is 0.896. The number of hydrogen-bond donors (Lipinski definition) is 1. The number of rotatable bonds is 5. The fourth-order valence-electron chi connectivity index (χ4n) is 2.69. The highest BCUT2D eigenvalue weighted by atomic mass is 16.2. The molecule has 110 valence electrons. The highest BCUT2D eigenvalue weighted by Gasteiger charge is 2.22. The number of nitrogens with one attached hydrogen (secondary N) is 1. The van der Waals surface area contributed by atoms with E-state index in [1.807, 2.05) is 23.1 Å². The van der Waals surface area contributed by atoms with Crippen molar-refractivity contribution in [2.75, 3.05) is 13.1 Å². The Bertz CT molecular complexity index is 413. The summed E-state index contributed by atoms with van der Waals surface area (Å²) in [6.07, 6.45) is 4.77. The van der Waals surface area contributed by atoms with Crippen LogP contribution in [0.25, 0.3) is 0 Å². The van der Waals surface area contributed by atoms with Crippen molar-refractivity contribution in [2.24, 2.45) is 5.92 Å². The van der Waals surface area contributed by atoms with Crippen LogP contribution in [0.2, 0.25) is 0 Å². The van der Waals surface area contributed by atoms with Crippen molar-refractivity contribution in [2.45, 2.75) is 45.7 Å². The van der Waals surface area contributed by atoms with E-state index in [0.717, 1.165) is 25.2 Å². The van der Waals surface area contributed by atoms with Crippen LogP contribution in [0, 0.1) is 5.92 Å². The van der Waals surface area contributed by atoms with Crippen molar-refractivity contribution in [3.8, 4) is 0 Å². The maximum atomic E-state index is 12.5. The number of pyridine rings is 1. The van der Waals surface area contributed by atoms with Crippen molar-refractivity contribution in [1.29, 1.82) is 0 Å². The molecule has 0 bridgehead atoms. The first-order valence-corrected chi connectivity index (χ1v) is 7.57. The molecule has 1 unspecified atom stereocenters. The van der Waals surface area contributed by atoms with Crippen LogP contribution in [-0.2, 0) is 11.3 Å². The minimum Gasteiger partial charge on any atom is -0.334 e. The van der Waals surface area contributed by atoms with E-state index in [0.29, 0.717) is 18.9 Å². The van der Waals surface area contributed by atoms with Gasteiger partial charge in [0.15, 0.2) is 0 Å². The molecule has 1 aliphatic heterocycles. The van der Waals surface area contributed by atoms with E-state index in [1.54, 1.807) is 6.20 Å². The van der Waals surface area contributed by atoms with Crippen LogP contribution in [0.3, 0.4) is 0 Å². The van der Waals surface area contributed by atoms with E-state index >= 15 is 0 Å². The largest absolute Gasteiger partial charge is 0.334 e. The van der Waals surface area contributed by atoms with Crippen LogP contribution in [0.5, 0.6) is 0 Å². The monoisotopic (exact) mass is 275 g/mol. The third-order valence-electron chi connectivity index (χ3n) is 3.86. The van der Waals surface area contributed by atoms with E-state index in [-0.39, 0.29) is 11.9 Å². The third kappa shape index (κ3) is 4.30. The number of amides is 1. The summed E-state index contributed by atoms with van der Waals surface area (Å²) in [6.45, 7) is 6.81. The van der Waals surface area contributed by atoms with Crippen LogP contribution in [0.15, 0.2) is 24.4 Å². The van der Waals surface area contributed by atoms with E-state index in [4.69, 9.17) is 0 Å². The second-order valence-corrected chi connectivity index (χ2v) is 5.85. The molecule has 1 amide bonds. The van der Waals surface area contributed by atoms with Crippen molar-refractivity contribution >= 4 is 5.91 Å². The molecule has 1 aromatic heterocycles. The van der Waals surface area contributed by atoms with Gasteiger partial charge in [0.2, 0.25) is 5.91 Å². The zero-order chi connectivity index (χ0) is 14.4. The Kier molecular flexibility index (Phi) is 5.53. The summed E-state index contributed by atoms with van der Waals surface area (Å²) in [5.74, 6) is 0.737. The molecular weight excluding hydrogens is 250 g/mol. The van der Waals surface area contributed by atoms with Crippen molar-refractivity contribution < 1.29 is 4.79 Å². The maximum absolute atomic E-state index is 12.5. The Morgan fingerprint density at radius 1 is 1.50 bits per heavy atom. The Morgan fingerprint density at radius 3 is 2.95 bits per heavy atom. The van der Waals surface area contributed by atoms with Crippen molar-refractivity contribution in [1.82, 2.24) is 15.2 Å². The molecule has 1 aliphatic rings. The van der Waals surface area contributed by atoms with Gasteiger partial charge in [-0.25, -0.2) is 0 Å². The summed E-state index contributed by atoms with van der Waals surface area (Å²) in [6, 6.07) is 6.06. The summed E-state index contributed by atoms with van der Waals surface area (Å²) in [4.78, 5) is 18.8. The molecule has 1 saturated heterocycles. The molecule has 1 atom stereocenters. The first-order chi connectivity index (χ1) is 9.66. The molecule has 1 N–H and O–H groups in total. The lowest BCUT2D eigenvalue weighted by molar-refractivity contribution is -0.134. The van der Waals surface area contributed by atoms with E-state index in [1.165, 1.54) is 6.42 Å². The van der Waals surface area contributed by atoms with Crippen LogP contribution in [-0.4, -0.2) is 34.9 Å². The highest BCUT2D eigenvalue weighted by molar-refractivity contribution is 5.76. The topological polar surface area (TPSA) is 45.2 Å².